The van der Waals surface area contributed by atoms with Gasteiger partial charge >= 0.3 is 5.97 Å². The van der Waals surface area contributed by atoms with Crippen molar-refractivity contribution in [1.29, 1.82) is 0 Å². The van der Waals surface area contributed by atoms with Gasteiger partial charge in [0.1, 0.15) is 5.94 Å². The van der Waals surface area contributed by atoms with Crippen molar-refractivity contribution >= 4 is 23.2 Å². The SMILES string of the molecule is Cc1cc(-c2cc(C)c3c(c2C)N(C2CC2)C=C(C(=O)O)C3=C=O)cc(C)n1. The number of nitrogens with zero attached hydrogens (tertiary/aromatic N) is 2. The van der Waals surface area contributed by atoms with E-state index in [0.29, 0.717) is 5.56 Å². The maximum absolute atomic E-state index is 11.8. The van der Waals surface area contributed by atoms with Gasteiger partial charge in [-0.25, -0.2) is 9.59 Å². The molecule has 2 heterocycles. The number of carbonyl (C=O) groups is 1. The maximum Gasteiger partial charge on any atom is 0.338 e. The summed E-state index contributed by atoms with van der Waals surface area (Å²) in [6, 6.07) is 6.42. The lowest BCUT2D eigenvalue weighted by molar-refractivity contribution is -0.132. The van der Waals surface area contributed by atoms with Crippen LogP contribution in [0.2, 0.25) is 0 Å². The number of hydrogen-bond donors (Lipinski definition) is 1. The number of benzene rings is 1. The average molecular weight is 374 g/mol. The summed E-state index contributed by atoms with van der Waals surface area (Å²) in [5.74, 6) is 0.797. The van der Waals surface area contributed by atoms with E-state index in [1.807, 2.05) is 44.6 Å². The minimum Gasteiger partial charge on any atom is -0.478 e. The summed E-state index contributed by atoms with van der Waals surface area (Å²) in [4.78, 5) is 30.0. The third-order valence-electron chi connectivity index (χ3n) is 5.46. The van der Waals surface area contributed by atoms with Crippen LogP contribution < -0.4 is 4.90 Å². The lowest BCUT2D eigenvalue weighted by atomic mass is 9.85. The summed E-state index contributed by atoms with van der Waals surface area (Å²) in [6.45, 7) is 7.91. The number of carboxylic acid groups (broad SMARTS) is 1. The molecule has 1 fully saturated rings. The number of aliphatic carboxylic acids is 1. The molecule has 1 aliphatic heterocycles. The summed E-state index contributed by atoms with van der Waals surface area (Å²) >= 11 is 0. The molecule has 2 aliphatic rings. The van der Waals surface area contributed by atoms with Crippen molar-refractivity contribution in [3.8, 4) is 11.1 Å². The highest BCUT2D eigenvalue weighted by Gasteiger charge is 2.37. The first-order valence-corrected chi connectivity index (χ1v) is 9.41. The van der Waals surface area contributed by atoms with Crippen molar-refractivity contribution in [2.45, 2.75) is 46.6 Å². The van der Waals surface area contributed by atoms with Crippen molar-refractivity contribution in [1.82, 2.24) is 4.98 Å². The number of aromatic nitrogens is 1. The van der Waals surface area contributed by atoms with Crippen molar-refractivity contribution in [3.63, 3.8) is 0 Å². The fourth-order valence-electron chi connectivity index (χ4n) is 4.14. The van der Waals surface area contributed by atoms with Crippen LogP contribution in [0.5, 0.6) is 0 Å². The van der Waals surface area contributed by atoms with E-state index in [-0.39, 0.29) is 17.2 Å². The zero-order valence-corrected chi connectivity index (χ0v) is 16.5. The lowest BCUT2D eigenvalue weighted by Gasteiger charge is -2.32. The van der Waals surface area contributed by atoms with Crippen LogP contribution in [0.15, 0.2) is 30.0 Å². The van der Waals surface area contributed by atoms with Crippen molar-refractivity contribution in [3.05, 3.63) is 58.1 Å². The molecule has 142 valence electrons. The molecule has 0 radical (unpaired) electrons. The van der Waals surface area contributed by atoms with Gasteiger partial charge in [-0.05, 0) is 74.9 Å². The Bertz CT molecular complexity index is 1080. The number of pyridine rings is 1. The minimum absolute atomic E-state index is 0.0141. The van der Waals surface area contributed by atoms with Gasteiger partial charge in [0.15, 0.2) is 0 Å². The fourth-order valence-corrected chi connectivity index (χ4v) is 4.14. The summed E-state index contributed by atoms with van der Waals surface area (Å²) in [7, 11) is 0. The molecule has 0 bridgehead atoms. The topological polar surface area (TPSA) is 70.5 Å². The third kappa shape index (κ3) is 2.85. The quantitative estimate of drug-likeness (QED) is 0.818. The van der Waals surface area contributed by atoms with Crippen LogP contribution in [-0.2, 0) is 9.59 Å². The largest absolute Gasteiger partial charge is 0.478 e. The molecule has 1 aliphatic carbocycles. The molecular weight excluding hydrogens is 352 g/mol. The maximum atomic E-state index is 11.8. The summed E-state index contributed by atoms with van der Waals surface area (Å²) in [5, 5.41) is 9.64. The van der Waals surface area contributed by atoms with Gasteiger partial charge in [-0.2, -0.15) is 0 Å². The molecule has 0 amide bonds. The predicted molar refractivity (Wildman–Crippen MR) is 109 cm³/mol. The second-order valence-corrected chi connectivity index (χ2v) is 7.69. The first-order valence-electron chi connectivity index (χ1n) is 9.41. The Morgan fingerprint density at radius 3 is 2.32 bits per heavy atom. The van der Waals surface area contributed by atoms with E-state index in [0.717, 1.165) is 52.2 Å². The molecule has 0 spiro atoms. The average Bonchev–Trinajstić information content (AvgIpc) is 3.47. The van der Waals surface area contributed by atoms with E-state index in [9.17, 15) is 14.7 Å². The molecule has 2 aromatic rings. The number of carboxylic acids is 1. The number of hydrogen-bond acceptors (Lipinski definition) is 4. The van der Waals surface area contributed by atoms with E-state index in [1.165, 1.54) is 0 Å². The van der Waals surface area contributed by atoms with Crippen LogP contribution >= 0.6 is 0 Å². The smallest absolute Gasteiger partial charge is 0.338 e. The van der Waals surface area contributed by atoms with Crippen LogP contribution in [0.1, 0.15) is 40.9 Å². The van der Waals surface area contributed by atoms with Crippen LogP contribution in [0.3, 0.4) is 0 Å². The Kier molecular flexibility index (Phi) is 4.20. The molecule has 5 heteroatoms. The molecular formula is C23H22N2O3. The third-order valence-corrected chi connectivity index (χ3v) is 5.46. The van der Waals surface area contributed by atoms with Gasteiger partial charge < -0.3 is 10.0 Å². The minimum atomic E-state index is -1.10. The summed E-state index contributed by atoms with van der Waals surface area (Å²) < 4.78 is 0. The van der Waals surface area contributed by atoms with Gasteiger partial charge in [-0.15, -0.1) is 0 Å². The van der Waals surface area contributed by atoms with Crippen molar-refractivity contribution in [2.75, 3.05) is 4.90 Å². The number of anilines is 1. The van der Waals surface area contributed by atoms with Gasteiger partial charge in [0, 0.05) is 29.2 Å². The van der Waals surface area contributed by atoms with Gasteiger partial charge in [0.25, 0.3) is 0 Å². The monoisotopic (exact) mass is 374 g/mol. The Labute approximate surface area is 164 Å². The standard InChI is InChI=1S/C23H22N2O3/c1-12-7-18(16-8-13(2)24-14(3)9-16)15(4)22-21(12)20(11-26)19(23(27)28)10-25(22)17-5-6-17/h7-10,17H,5-6H2,1-4H3,(H,27,28). The highest BCUT2D eigenvalue weighted by Crippen LogP contribution is 2.47. The van der Waals surface area contributed by atoms with Crippen LogP contribution in [0.25, 0.3) is 16.7 Å². The molecule has 28 heavy (non-hydrogen) atoms. The zero-order valence-electron chi connectivity index (χ0n) is 16.5. The number of aryl methyl sites for hydroxylation is 3. The van der Waals surface area contributed by atoms with Crippen LogP contribution in [0, 0.1) is 27.7 Å². The van der Waals surface area contributed by atoms with Gasteiger partial charge in [0.05, 0.1) is 16.8 Å². The van der Waals surface area contributed by atoms with E-state index >= 15 is 0 Å². The van der Waals surface area contributed by atoms with Crippen molar-refractivity contribution < 1.29 is 14.7 Å². The van der Waals surface area contributed by atoms with Gasteiger partial charge in [-0.1, -0.05) is 6.07 Å². The second-order valence-electron chi connectivity index (χ2n) is 7.69. The first-order chi connectivity index (χ1) is 13.3. The molecule has 0 atom stereocenters. The molecule has 1 aromatic carbocycles. The molecule has 1 aromatic heterocycles. The molecule has 1 N–H and O–H groups in total. The highest BCUT2D eigenvalue weighted by molar-refractivity contribution is 6.17. The fraction of sp³-hybridized carbons (Fsp3) is 0.304. The van der Waals surface area contributed by atoms with Gasteiger partial charge in [-0.3, -0.25) is 4.98 Å². The second kappa shape index (κ2) is 6.47. The number of carbonyl (C=O) groups excluding carboxylic acids is 1. The van der Waals surface area contributed by atoms with E-state index < -0.39 is 5.97 Å². The van der Waals surface area contributed by atoms with E-state index in [2.05, 4.69) is 17.1 Å². The van der Waals surface area contributed by atoms with Gasteiger partial charge in [0.2, 0.25) is 0 Å². The highest BCUT2D eigenvalue weighted by atomic mass is 16.4. The number of fused-ring (bicyclic) bond motifs is 1. The molecule has 4 rings (SSSR count). The van der Waals surface area contributed by atoms with Crippen LogP contribution in [-0.4, -0.2) is 28.0 Å². The Hall–Kier alpha value is -3.17. The normalized spacial score (nSPS) is 15.8. The number of rotatable bonds is 3. The summed E-state index contributed by atoms with van der Waals surface area (Å²) in [5.41, 5.74) is 7.72. The van der Waals surface area contributed by atoms with Crippen molar-refractivity contribution in [2.24, 2.45) is 0 Å². The summed E-state index contributed by atoms with van der Waals surface area (Å²) in [6.07, 6.45) is 3.64. The molecule has 0 unspecified atom stereocenters. The lowest BCUT2D eigenvalue weighted by Crippen LogP contribution is -2.28. The van der Waals surface area contributed by atoms with E-state index in [4.69, 9.17) is 0 Å². The zero-order chi connectivity index (χ0) is 20.2. The molecule has 5 nitrogen and oxygen atoms in total. The molecule has 0 saturated heterocycles. The Morgan fingerprint density at radius 1 is 1.14 bits per heavy atom. The first kappa shape index (κ1) is 18.2. The predicted octanol–water partition coefficient (Wildman–Crippen LogP) is 4.15. The van der Waals surface area contributed by atoms with Crippen LogP contribution in [0.4, 0.5) is 5.69 Å². The Morgan fingerprint density at radius 2 is 1.79 bits per heavy atom. The Balaban J connectivity index is 2.02. The van der Waals surface area contributed by atoms with E-state index in [1.54, 1.807) is 6.20 Å². The molecule has 1 saturated carbocycles.